The van der Waals surface area contributed by atoms with Crippen molar-refractivity contribution >= 4 is 17.7 Å². The molecule has 1 aliphatic heterocycles. The van der Waals surface area contributed by atoms with E-state index in [1.54, 1.807) is 0 Å². The molecule has 1 amide bonds. The molecule has 0 radical (unpaired) electrons. The molecule has 1 heterocycles. The molecule has 2 rings (SSSR count). The number of hydrogen-bond donors (Lipinski definition) is 1. The molecular weight excluding hydrogens is 266 g/mol. The Morgan fingerprint density at radius 3 is 2.89 bits per heavy atom. The Kier molecular flexibility index (Phi) is 4.02. The van der Waals surface area contributed by atoms with Crippen LogP contribution in [0.2, 0.25) is 5.02 Å². The second-order valence-electron chi connectivity index (χ2n) is 5.53. The Bertz CT molecular complexity index is 482. The molecule has 1 N–H and O–H groups in total. The lowest BCUT2D eigenvalue weighted by Crippen LogP contribution is -2.38. The molecule has 0 aliphatic carbocycles. The van der Waals surface area contributed by atoms with Gasteiger partial charge in [-0.3, -0.25) is 0 Å². The van der Waals surface area contributed by atoms with Crippen molar-refractivity contribution in [3.63, 3.8) is 0 Å². The Morgan fingerprint density at radius 1 is 1.47 bits per heavy atom. The molecule has 0 saturated heterocycles. The van der Waals surface area contributed by atoms with Crippen LogP contribution in [0.25, 0.3) is 0 Å². The number of ether oxygens (including phenoxy) is 2. The number of amides is 1. The largest absolute Gasteiger partial charge is 0.444 e. The zero-order valence-electron chi connectivity index (χ0n) is 11.3. The quantitative estimate of drug-likeness (QED) is 0.859. The van der Waals surface area contributed by atoms with Crippen molar-refractivity contribution in [3.05, 3.63) is 34.3 Å². The molecule has 1 aromatic rings. The van der Waals surface area contributed by atoms with Crippen LogP contribution in [0, 0.1) is 0 Å². The topological polar surface area (TPSA) is 47.6 Å². The first-order valence-corrected chi connectivity index (χ1v) is 6.59. The lowest BCUT2D eigenvalue weighted by molar-refractivity contribution is 0.0390. The van der Waals surface area contributed by atoms with Gasteiger partial charge in [-0.25, -0.2) is 4.79 Å². The second-order valence-corrected chi connectivity index (χ2v) is 5.93. The van der Waals surface area contributed by atoms with Crippen molar-refractivity contribution in [1.82, 2.24) is 5.32 Å². The van der Waals surface area contributed by atoms with Gasteiger partial charge >= 0.3 is 6.09 Å². The van der Waals surface area contributed by atoms with E-state index in [-0.39, 0.29) is 6.04 Å². The van der Waals surface area contributed by atoms with Crippen LogP contribution >= 0.6 is 11.6 Å². The average Bonchev–Trinajstić information content (AvgIpc) is 2.26. The predicted molar refractivity (Wildman–Crippen MR) is 73.2 cm³/mol. The summed E-state index contributed by atoms with van der Waals surface area (Å²) in [5.41, 5.74) is 1.39. The number of alkyl carbamates (subject to hydrolysis) is 1. The van der Waals surface area contributed by atoms with Gasteiger partial charge in [-0.1, -0.05) is 23.7 Å². The molecule has 0 spiro atoms. The van der Waals surface area contributed by atoms with Crippen molar-refractivity contribution in [2.45, 2.75) is 39.0 Å². The van der Waals surface area contributed by atoms with E-state index in [0.717, 1.165) is 11.1 Å². The van der Waals surface area contributed by atoms with Crippen molar-refractivity contribution in [1.29, 1.82) is 0 Å². The van der Waals surface area contributed by atoms with Crippen LogP contribution in [0.15, 0.2) is 18.2 Å². The van der Waals surface area contributed by atoms with E-state index in [1.807, 2.05) is 39.0 Å². The molecule has 19 heavy (non-hydrogen) atoms. The Morgan fingerprint density at radius 2 is 2.21 bits per heavy atom. The number of benzene rings is 1. The lowest BCUT2D eigenvalue weighted by Gasteiger charge is -2.28. The highest BCUT2D eigenvalue weighted by Crippen LogP contribution is 2.31. The minimum Gasteiger partial charge on any atom is -0.444 e. The average molecular weight is 284 g/mol. The van der Waals surface area contributed by atoms with Gasteiger partial charge in [0.2, 0.25) is 0 Å². The van der Waals surface area contributed by atoms with Crippen LogP contribution in [0.1, 0.15) is 37.9 Å². The first-order chi connectivity index (χ1) is 8.87. The summed E-state index contributed by atoms with van der Waals surface area (Å²) in [4.78, 5) is 11.8. The Labute approximate surface area is 118 Å². The number of nitrogens with one attached hydrogen (secondary N) is 1. The molecule has 0 aromatic heterocycles. The van der Waals surface area contributed by atoms with Crippen LogP contribution in [0.5, 0.6) is 0 Å². The van der Waals surface area contributed by atoms with Crippen molar-refractivity contribution in [3.8, 4) is 0 Å². The van der Waals surface area contributed by atoms with Gasteiger partial charge in [0.25, 0.3) is 0 Å². The second kappa shape index (κ2) is 5.39. The lowest BCUT2D eigenvalue weighted by atomic mass is 9.99. The summed E-state index contributed by atoms with van der Waals surface area (Å²) >= 11 is 6.21. The van der Waals surface area contributed by atoms with E-state index < -0.39 is 11.7 Å². The molecule has 1 aromatic carbocycles. The maximum Gasteiger partial charge on any atom is 0.408 e. The molecule has 1 atom stereocenters. The predicted octanol–water partition coefficient (Wildman–Crippen LogP) is 3.44. The highest BCUT2D eigenvalue weighted by molar-refractivity contribution is 6.31. The molecule has 5 heteroatoms. The van der Waals surface area contributed by atoms with Gasteiger partial charge < -0.3 is 14.8 Å². The fraction of sp³-hybridized carbons (Fsp3) is 0.500. The molecule has 1 aliphatic rings. The fourth-order valence-electron chi connectivity index (χ4n) is 2.03. The molecule has 0 fully saturated rings. The molecule has 104 valence electrons. The van der Waals surface area contributed by atoms with E-state index in [9.17, 15) is 4.79 Å². The summed E-state index contributed by atoms with van der Waals surface area (Å²) in [6.45, 7) is 6.39. The van der Waals surface area contributed by atoms with Gasteiger partial charge in [-0.2, -0.15) is 0 Å². The minimum atomic E-state index is -0.525. The summed E-state index contributed by atoms with van der Waals surface area (Å²) in [5.74, 6) is 0. The summed E-state index contributed by atoms with van der Waals surface area (Å²) in [6.07, 6.45) is -0.464. The highest BCUT2D eigenvalue weighted by Gasteiger charge is 2.26. The summed E-state index contributed by atoms with van der Waals surface area (Å²) in [7, 11) is 0. The zero-order valence-corrected chi connectivity index (χ0v) is 12.1. The molecule has 0 bridgehead atoms. The standard InChI is InChI=1S/C14H18ClNO3/c1-14(2,3)19-13(17)16-11-8-18-7-9-5-4-6-10(15)12(9)11/h4-6,11H,7-8H2,1-3H3,(H,16,17). The van der Waals surface area contributed by atoms with E-state index in [0.29, 0.717) is 18.2 Å². The third-order valence-electron chi connectivity index (χ3n) is 2.72. The van der Waals surface area contributed by atoms with Crippen LogP contribution < -0.4 is 5.32 Å². The van der Waals surface area contributed by atoms with Crippen LogP contribution in [0.3, 0.4) is 0 Å². The maximum atomic E-state index is 11.8. The first kappa shape index (κ1) is 14.2. The number of carbonyl (C=O) groups is 1. The minimum absolute atomic E-state index is 0.271. The molecular formula is C14H18ClNO3. The third kappa shape index (κ3) is 3.61. The van der Waals surface area contributed by atoms with Crippen molar-refractivity contribution in [2.75, 3.05) is 6.61 Å². The normalized spacial score (nSPS) is 18.6. The number of halogens is 1. The molecule has 4 nitrogen and oxygen atoms in total. The number of rotatable bonds is 1. The zero-order chi connectivity index (χ0) is 14.0. The van der Waals surface area contributed by atoms with E-state index in [4.69, 9.17) is 21.1 Å². The SMILES string of the molecule is CC(C)(C)OC(=O)NC1COCc2cccc(Cl)c21. The van der Waals surface area contributed by atoms with E-state index >= 15 is 0 Å². The van der Waals surface area contributed by atoms with Gasteiger partial charge in [0.05, 0.1) is 19.3 Å². The molecule has 0 saturated carbocycles. The number of fused-ring (bicyclic) bond motifs is 1. The number of carbonyl (C=O) groups excluding carboxylic acids is 1. The van der Waals surface area contributed by atoms with Gasteiger partial charge in [-0.15, -0.1) is 0 Å². The van der Waals surface area contributed by atoms with Gasteiger partial charge in [-0.05, 0) is 32.4 Å². The van der Waals surface area contributed by atoms with Crippen LogP contribution in [-0.4, -0.2) is 18.3 Å². The Hall–Kier alpha value is -1.26. The van der Waals surface area contributed by atoms with E-state index in [2.05, 4.69) is 5.32 Å². The summed E-state index contributed by atoms with van der Waals surface area (Å²) < 4.78 is 10.7. The maximum absolute atomic E-state index is 11.8. The third-order valence-corrected chi connectivity index (χ3v) is 3.05. The first-order valence-electron chi connectivity index (χ1n) is 6.21. The molecule has 1 unspecified atom stereocenters. The van der Waals surface area contributed by atoms with Crippen LogP contribution in [-0.2, 0) is 16.1 Å². The summed E-state index contributed by atoms with van der Waals surface area (Å²) in [6, 6.07) is 5.37. The van der Waals surface area contributed by atoms with Gasteiger partial charge in [0, 0.05) is 10.6 Å². The Balaban J connectivity index is 2.14. The highest BCUT2D eigenvalue weighted by atomic mass is 35.5. The van der Waals surface area contributed by atoms with Gasteiger partial charge in [0.15, 0.2) is 0 Å². The van der Waals surface area contributed by atoms with Gasteiger partial charge in [0.1, 0.15) is 5.60 Å². The van der Waals surface area contributed by atoms with Crippen molar-refractivity contribution < 1.29 is 14.3 Å². The van der Waals surface area contributed by atoms with Crippen molar-refractivity contribution in [2.24, 2.45) is 0 Å². The smallest absolute Gasteiger partial charge is 0.408 e. The van der Waals surface area contributed by atoms with E-state index in [1.165, 1.54) is 0 Å². The number of hydrogen-bond acceptors (Lipinski definition) is 3. The fourth-order valence-corrected chi connectivity index (χ4v) is 2.36. The summed E-state index contributed by atoms with van der Waals surface area (Å²) in [5, 5.41) is 3.44. The van der Waals surface area contributed by atoms with Crippen LogP contribution in [0.4, 0.5) is 4.79 Å². The monoisotopic (exact) mass is 283 g/mol.